The zero-order valence-electron chi connectivity index (χ0n) is 21.8. The molecule has 2 N–H and O–H groups in total. The maximum atomic E-state index is 12.7. The largest absolute Gasteiger partial charge is 0.515 e. The van der Waals surface area contributed by atoms with Gasteiger partial charge in [-0.15, -0.1) is 0 Å². The fourth-order valence-electron chi connectivity index (χ4n) is 3.34. The SMILES string of the molecule is CC[C@H](C)OC(=O)Oc1ccc(C(=O)NS(=O)(=O)c2ccc(CCNC(=O)CCc3ccccc3)cc2)cn1. The van der Waals surface area contributed by atoms with Gasteiger partial charge in [-0.05, 0) is 55.5 Å². The number of hydrogen-bond acceptors (Lipinski definition) is 8. The normalized spacial score (nSPS) is 11.7. The zero-order chi connectivity index (χ0) is 28.3. The van der Waals surface area contributed by atoms with Crippen LogP contribution in [-0.4, -0.2) is 44.0 Å². The molecule has 0 aliphatic heterocycles. The highest BCUT2D eigenvalue weighted by Gasteiger charge is 2.19. The summed E-state index contributed by atoms with van der Waals surface area (Å²) in [5.74, 6) is -1.04. The van der Waals surface area contributed by atoms with Gasteiger partial charge in [0.2, 0.25) is 11.8 Å². The van der Waals surface area contributed by atoms with Crippen molar-refractivity contribution in [1.29, 1.82) is 0 Å². The van der Waals surface area contributed by atoms with Crippen LogP contribution >= 0.6 is 0 Å². The van der Waals surface area contributed by atoms with Crippen LogP contribution in [0.15, 0.2) is 77.8 Å². The Bertz CT molecular complexity index is 1360. The lowest BCUT2D eigenvalue weighted by Crippen LogP contribution is -2.30. The van der Waals surface area contributed by atoms with E-state index in [0.717, 1.165) is 17.3 Å². The van der Waals surface area contributed by atoms with Crippen LogP contribution in [-0.2, 0) is 32.4 Å². The molecule has 2 amide bonds. The van der Waals surface area contributed by atoms with E-state index < -0.39 is 22.1 Å². The first-order valence-corrected chi connectivity index (χ1v) is 14.0. The molecule has 1 heterocycles. The van der Waals surface area contributed by atoms with Gasteiger partial charge < -0.3 is 14.8 Å². The monoisotopic (exact) mass is 553 g/mol. The Labute approximate surface area is 227 Å². The van der Waals surface area contributed by atoms with Gasteiger partial charge in [-0.3, -0.25) is 9.59 Å². The second-order valence-corrected chi connectivity index (χ2v) is 10.4. The lowest BCUT2D eigenvalue weighted by molar-refractivity contribution is -0.121. The number of amides is 2. The summed E-state index contributed by atoms with van der Waals surface area (Å²) < 4.78 is 37.2. The van der Waals surface area contributed by atoms with Crippen molar-refractivity contribution in [1.82, 2.24) is 15.0 Å². The number of aromatic nitrogens is 1. The van der Waals surface area contributed by atoms with Gasteiger partial charge in [-0.2, -0.15) is 0 Å². The standard InChI is InChI=1S/C28H31N3O7S/c1-3-20(2)37-28(34)38-26-16-12-23(19-30-26)27(33)31-39(35,36)24-13-9-22(10-14-24)17-18-29-25(32)15-11-21-7-5-4-6-8-21/h4-10,12-14,16,19-20H,3,11,15,17-18H2,1-2H3,(H,29,32)(H,31,33)/t20-/m0/s1. The number of sulfonamides is 1. The molecule has 11 heteroatoms. The van der Waals surface area contributed by atoms with Gasteiger partial charge in [0, 0.05) is 25.2 Å². The van der Waals surface area contributed by atoms with Crippen LogP contribution in [0.5, 0.6) is 5.88 Å². The van der Waals surface area contributed by atoms with Crippen molar-refractivity contribution in [2.45, 2.75) is 50.5 Å². The van der Waals surface area contributed by atoms with E-state index in [0.29, 0.717) is 32.2 Å². The highest BCUT2D eigenvalue weighted by molar-refractivity contribution is 7.90. The van der Waals surface area contributed by atoms with Gasteiger partial charge in [0.25, 0.3) is 15.9 Å². The smallest absolute Gasteiger partial charge is 0.431 e. The van der Waals surface area contributed by atoms with Gasteiger partial charge in [0.05, 0.1) is 10.5 Å². The van der Waals surface area contributed by atoms with Crippen LogP contribution in [0.4, 0.5) is 4.79 Å². The predicted molar refractivity (Wildman–Crippen MR) is 144 cm³/mol. The quantitative estimate of drug-likeness (QED) is 0.323. The third-order valence-corrected chi connectivity index (χ3v) is 7.09. The third kappa shape index (κ3) is 9.53. The van der Waals surface area contributed by atoms with Gasteiger partial charge in [-0.25, -0.2) is 22.9 Å². The number of aryl methyl sites for hydroxylation is 1. The number of carbonyl (C=O) groups excluding carboxylic acids is 3. The first kappa shape index (κ1) is 29.3. The van der Waals surface area contributed by atoms with Crippen LogP contribution < -0.4 is 14.8 Å². The van der Waals surface area contributed by atoms with Crippen molar-refractivity contribution >= 4 is 28.0 Å². The Morgan fingerprint density at radius 3 is 2.26 bits per heavy atom. The summed E-state index contributed by atoms with van der Waals surface area (Å²) in [5.41, 5.74) is 1.88. The highest BCUT2D eigenvalue weighted by Crippen LogP contribution is 2.14. The van der Waals surface area contributed by atoms with E-state index in [1.54, 1.807) is 19.1 Å². The molecule has 0 saturated heterocycles. The molecule has 0 bridgehead atoms. The Kier molecular flexibility index (Phi) is 10.6. The van der Waals surface area contributed by atoms with Gasteiger partial charge in [0.1, 0.15) is 6.10 Å². The number of pyridine rings is 1. The highest BCUT2D eigenvalue weighted by atomic mass is 32.2. The van der Waals surface area contributed by atoms with Crippen LogP contribution in [0.2, 0.25) is 0 Å². The molecule has 0 aliphatic carbocycles. The average Bonchev–Trinajstić information content (AvgIpc) is 2.92. The van der Waals surface area contributed by atoms with Gasteiger partial charge >= 0.3 is 6.16 Å². The van der Waals surface area contributed by atoms with E-state index in [1.165, 1.54) is 24.3 Å². The molecule has 0 unspecified atom stereocenters. The second-order valence-electron chi connectivity index (χ2n) is 8.74. The maximum Gasteiger partial charge on any atom is 0.515 e. The Hall–Kier alpha value is -4.25. The number of rotatable bonds is 12. The van der Waals surface area contributed by atoms with Crippen LogP contribution in [0.25, 0.3) is 0 Å². The summed E-state index contributed by atoms with van der Waals surface area (Å²) in [4.78, 5) is 40.0. The van der Waals surface area contributed by atoms with Crippen molar-refractivity contribution in [3.05, 3.63) is 89.6 Å². The molecule has 2 aromatic carbocycles. The fourth-order valence-corrected chi connectivity index (χ4v) is 4.32. The molecular weight excluding hydrogens is 522 g/mol. The molecule has 1 atom stereocenters. The summed E-state index contributed by atoms with van der Waals surface area (Å²) in [7, 11) is -4.14. The number of nitrogens with one attached hydrogen (secondary N) is 2. The minimum atomic E-state index is -4.14. The van der Waals surface area contributed by atoms with Crippen LogP contribution in [0.3, 0.4) is 0 Å². The van der Waals surface area contributed by atoms with Crippen molar-refractivity contribution in [2.24, 2.45) is 0 Å². The first-order chi connectivity index (χ1) is 18.7. The van der Waals surface area contributed by atoms with Crippen molar-refractivity contribution in [3.63, 3.8) is 0 Å². The molecule has 206 valence electrons. The molecular formula is C28H31N3O7S. The molecule has 10 nitrogen and oxygen atoms in total. The number of ether oxygens (including phenoxy) is 2. The molecule has 0 radical (unpaired) electrons. The molecule has 3 aromatic rings. The minimum Gasteiger partial charge on any atom is -0.431 e. The van der Waals surface area contributed by atoms with E-state index in [2.05, 4.69) is 10.3 Å². The number of carbonyl (C=O) groups is 3. The lowest BCUT2D eigenvalue weighted by Gasteiger charge is -2.10. The molecule has 0 spiro atoms. The zero-order valence-corrected chi connectivity index (χ0v) is 22.6. The van der Waals surface area contributed by atoms with Crippen molar-refractivity contribution in [3.8, 4) is 5.88 Å². The summed E-state index contributed by atoms with van der Waals surface area (Å²) in [6.07, 6.45) is 2.03. The van der Waals surface area contributed by atoms with E-state index in [1.807, 2.05) is 42.0 Å². The fraction of sp³-hybridized carbons (Fsp3) is 0.286. The second kappa shape index (κ2) is 14.1. The predicted octanol–water partition coefficient (Wildman–Crippen LogP) is 3.81. The number of benzene rings is 2. The molecule has 39 heavy (non-hydrogen) atoms. The summed E-state index contributed by atoms with van der Waals surface area (Å²) in [5, 5.41) is 2.86. The molecule has 1 aromatic heterocycles. The Balaban J connectivity index is 1.46. The molecule has 0 saturated carbocycles. The topological polar surface area (TPSA) is 141 Å². The van der Waals surface area contributed by atoms with Gasteiger partial charge in [0.15, 0.2) is 0 Å². The van der Waals surface area contributed by atoms with Crippen molar-refractivity contribution < 1.29 is 32.3 Å². The minimum absolute atomic E-state index is 0.0409. The van der Waals surface area contributed by atoms with E-state index in [9.17, 15) is 22.8 Å². The van der Waals surface area contributed by atoms with E-state index in [4.69, 9.17) is 9.47 Å². The molecule has 0 aliphatic rings. The van der Waals surface area contributed by atoms with E-state index >= 15 is 0 Å². The summed E-state index contributed by atoms with van der Waals surface area (Å²) in [6.45, 7) is 3.98. The molecule has 0 fully saturated rings. The maximum absolute atomic E-state index is 12.7. The Morgan fingerprint density at radius 2 is 1.62 bits per heavy atom. The van der Waals surface area contributed by atoms with Crippen molar-refractivity contribution in [2.75, 3.05) is 6.54 Å². The first-order valence-electron chi connectivity index (χ1n) is 12.5. The Morgan fingerprint density at radius 1 is 0.923 bits per heavy atom. The molecule has 3 rings (SSSR count). The van der Waals surface area contributed by atoms with Gasteiger partial charge in [-0.1, -0.05) is 49.4 Å². The summed E-state index contributed by atoms with van der Waals surface area (Å²) in [6, 6.07) is 18.3. The lowest BCUT2D eigenvalue weighted by atomic mass is 10.1. The number of hydrogen-bond donors (Lipinski definition) is 2. The average molecular weight is 554 g/mol. The van der Waals surface area contributed by atoms with Crippen LogP contribution in [0.1, 0.15) is 48.2 Å². The summed E-state index contributed by atoms with van der Waals surface area (Å²) >= 11 is 0. The number of nitrogens with zero attached hydrogens (tertiary/aromatic N) is 1. The van der Waals surface area contributed by atoms with Crippen LogP contribution in [0, 0.1) is 0 Å². The van der Waals surface area contributed by atoms with E-state index in [-0.39, 0.29) is 28.4 Å². The third-order valence-electron chi connectivity index (χ3n) is 5.74.